The Morgan fingerprint density at radius 3 is 2.50 bits per heavy atom. The molecule has 2 aromatic carbocycles. The van der Waals surface area contributed by atoms with E-state index in [1.54, 1.807) is 19.2 Å². The molecule has 4 rings (SSSR count). The highest BCUT2D eigenvalue weighted by Crippen LogP contribution is 2.20. The Morgan fingerprint density at radius 2 is 1.82 bits per heavy atom. The SMILES string of the molecule is COc1ccc(-c2noc(CN3CCN(C(C)C(=O)NCCc4ccc(F)cc4)CC3)n2)cc1. The molecule has 8 nitrogen and oxygen atoms in total. The molecule has 1 aliphatic heterocycles. The van der Waals surface area contributed by atoms with Crippen molar-refractivity contribution >= 4 is 5.91 Å². The van der Waals surface area contributed by atoms with E-state index in [0.717, 1.165) is 43.1 Å². The van der Waals surface area contributed by atoms with Gasteiger partial charge in [0, 0.05) is 38.3 Å². The summed E-state index contributed by atoms with van der Waals surface area (Å²) in [7, 11) is 1.63. The van der Waals surface area contributed by atoms with Gasteiger partial charge in [-0.3, -0.25) is 14.6 Å². The molecule has 2 heterocycles. The lowest BCUT2D eigenvalue weighted by Gasteiger charge is -2.36. The number of halogens is 1. The van der Waals surface area contributed by atoms with E-state index in [4.69, 9.17) is 9.26 Å². The number of amides is 1. The number of carbonyl (C=O) groups is 1. The Kier molecular flexibility index (Phi) is 7.87. The van der Waals surface area contributed by atoms with E-state index in [1.807, 2.05) is 31.2 Å². The summed E-state index contributed by atoms with van der Waals surface area (Å²) < 4.78 is 23.6. The van der Waals surface area contributed by atoms with Crippen molar-refractivity contribution in [2.24, 2.45) is 0 Å². The summed E-state index contributed by atoms with van der Waals surface area (Å²) in [6.07, 6.45) is 0.676. The van der Waals surface area contributed by atoms with Crippen LogP contribution in [-0.2, 0) is 17.8 Å². The number of nitrogens with zero attached hydrogens (tertiary/aromatic N) is 4. The highest BCUT2D eigenvalue weighted by molar-refractivity contribution is 5.81. The van der Waals surface area contributed by atoms with Gasteiger partial charge in [0.15, 0.2) is 0 Å². The highest BCUT2D eigenvalue weighted by atomic mass is 19.1. The first-order valence-corrected chi connectivity index (χ1v) is 11.5. The number of nitrogens with one attached hydrogen (secondary N) is 1. The molecule has 3 aromatic rings. The van der Waals surface area contributed by atoms with Gasteiger partial charge >= 0.3 is 0 Å². The van der Waals surface area contributed by atoms with Crippen LogP contribution in [0, 0.1) is 5.82 Å². The first-order valence-electron chi connectivity index (χ1n) is 11.5. The summed E-state index contributed by atoms with van der Waals surface area (Å²) in [6.45, 7) is 6.23. The molecule has 34 heavy (non-hydrogen) atoms. The van der Waals surface area contributed by atoms with Gasteiger partial charge in [-0.15, -0.1) is 0 Å². The van der Waals surface area contributed by atoms with E-state index in [1.165, 1.54) is 12.1 Å². The van der Waals surface area contributed by atoms with E-state index < -0.39 is 0 Å². The van der Waals surface area contributed by atoms with Crippen molar-refractivity contribution in [3.8, 4) is 17.1 Å². The summed E-state index contributed by atoms with van der Waals surface area (Å²) in [4.78, 5) is 21.5. The summed E-state index contributed by atoms with van der Waals surface area (Å²) in [5, 5.41) is 7.08. The fourth-order valence-electron chi connectivity index (χ4n) is 3.97. The highest BCUT2D eigenvalue weighted by Gasteiger charge is 2.26. The Hall–Kier alpha value is -3.30. The third-order valence-corrected chi connectivity index (χ3v) is 6.14. The fraction of sp³-hybridized carbons (Fsp3) is 0.400. The first kappa shape index (κ1) is 23.8. The van der Waals surface area contributed by atoms with Crippen molar-refractivity contribution < 1.29 is 18.4 Å². The van der Waals surface area contributed by atoms with E-state index in [-0.39, 0.29) is 17.8 Å². The van der Waals surface area contributed by atoms with Gasteiger partial charge in [-0.1, -0.05) is 17.3 Å². The molecule has 9 heteroatoms. The number of aromatic nitrogens is 2. The van der Waals surface area contributed by atoms with Gasteiger partial charge in [-0.25, -0.2) is 4.39 Å². The molecule has 1 amide bonds. The number of ether oxygens (including phenoxy) is 1. The van der Waals surface area contributed by atoms with Crippen molar-refractivity contribution in [3.63, 3.8) is 0 Å². The molecule has 180 valence electrons. The lowest BCUT2D eigenvalue weighted by molar-refractivity contribution is -0.126. The smallest absolute Gasteiger partial charge is 0.241 e. The van der Waals surface area contributed by atoms with Crippen LogP contribution in [0.25, 0.3) is 11.4 Å². The normalized spacial score (nSPS) is 15.7. The minimum Gasteiger partial charge on any atom is -0.497 e. The van der Waals surface area contributed by atoms with Gasteiger partial charge < -0.3 is 14.6 Å². The molecular formula is C25H30FN5O3. The average Bonchev–Trinajstić information content (AvgIpc) is 3.33. The maximum atomic E-state index is 13.0. The van der Waals surface area contributed by atoms with Crippen molar-refractivity contribution in [1.82, 2.24) is 25.3 Å². The van der Waals surface area contributed by atoms with Crippen molar-refractivity contribution in [1.29, 1.82) is 0 Å². The molecular weight excluding hydrogens is 437 g/mol. The molecule has 0 radical (unpaired) electrons. The minimum absolute atomic E-state index is 0.0107. The van der Waals surface area contributed by atoms with Crippen LogP contribution in [0.15, 0.2) is 53.1 Å². The maximum Gasteiger partial charge on any atom is 0.241 e. The summed E-state index contributed by atoms with van der Waals surface area (Å²) in [5.74, 6) is 1.67. The number of benzene rings is 2. The average molecular weight is 468 g/mol. The Balaban J connectivity index is 1.20. The molecule has 0 saturated carbocycles. The third kappa shape index (κ3) is 6.18. The molecule has 1 saturated heterocycles. The van der Waals surface area contributed by atoms with E-state index in [0.29, 0.717) is 31.2 Å². The fourth-order valence-corrected chi connectivity index (χ4v) is 3.97. The molecule has 1 atom stereocenters. The molecule has 0 aliphatic carbocycles. The van der Waals surface area contributed by atoms with Gasteiger partial charge in [-0.2, -0.15) is 4.98 Å². The van der Waals surface area contributed by atoms with E-state index >= 15 is 0 Å². The van der Waals surface area contributed by atoms with Crippen molar-refractivity contribution in [3.05, 3.63) is 65.8 Å². The quantitative estimate of drug-likeness (QED) is 0.518. The topological polar surface area (TPSA) is 83.7 Å². The van der Waals surface area contributed by atoms with Crippen LogP contribution in [0.4, 0.5) is 4.39 Å². The van der Waals surface area contributed by atoms with Crippen LogP contribution in [0.1, 0.15) is 18.4 Å². The van der Waals surface area contributed by atoms with Crippen LogP contribution in [0.5, 0.6) is 5.75 Å². The van der Waals surface area contributed by atoms with Gasteiger partial charge in [0.1, 0.15) is 11.6 Å². The maximum absolute atomic E-state index is 13.0. The third-order valence-electron chi connectivity index (χ3n) is 6.14. The van der Waals surface area contributed by atoms with Crippen LogP contribution in [0.3, 0.4) is 0 Å². The number of carbonyl (C=O) groups excluding carboxylic acids is 1. The molecule has 1 N–H and O–H groups in total. The van der Waals surface area contributed by atoms with Crippen LogP contribution in [-0.4, -0.2) is 71.7 Å². The largest absolute Gasteiger partial charge is 0.497 e. The van der Waals surface area contributed by atoms with E-state index in [9.17, 15) is 9.18 Å². The molecule has 1 unspecified atom stereocenters. The second-order valence-electron chi connectivity index (χ2n) is 8.40. The standard InChI is InChI=1S/C25H30FN5O3/c1-18(25(32)27-12-11-19-3-7-21(26)8-4-19)31-15-13-30(14-16-31)17-23-28-24(29-34-23)20-5-9-22(33-2)10-6-20/h3-10,18H,11-17H2,1-2H3,(H,27,32). The molecule has 0 bridgehead atoms. The number of hydrogen-bond acceptors (Lipinski definition) is 7. The number of hydrogen-bond donors (Lipinski definition) is 1. The van der Waals surface area contributed by atoms with E-state index in [2.05, 4.69) is 25.3 Å². The predicted octanol–water partition coefficient (Wildman–Crippen LogP) is 2.75. The van der Waals surface area contributed by atoms with Crippen molar-refractivity contribution in [2.75, 3.05) is 39.8 Å². The number of methoxy groups -OCH3 is 1. The molecule has 1 aliphatic rings. The molecule has 0 spiro atoms. The molecule has 1 aromatic heterocycles. The zero-order valence-corrected chi connectivity index (χ0v) is 19.5. The van der Waals surface area contributed by atoms with Crippen molar-refractivity contribution in [2.45, 2.75) is 25.9 Å². The summed E-state index contributed by atoms with van der Waals surface area (Å²) in [6, 6.07) is 13.7. The number of rotatable bonds is 9. The first-order chi connectivity index (χ1) is 16.5. The lowest BCUT2D eigenvalue weighted by Crippen LogP contribution is -2.53. The second-order valence-corrected chi connectivity index (χ2v) is 8.40. The summed E-state index contributed by atoms with van der Waals surface area (Å²) >= 11 is 0. The molecule has 1 fully saturated rings. The number of piperazine rings is 1. The minimum atomic E-state index is -0.252. The lowest BCUT2D eigenvalue weighted by atomic mass is 10.1. The summed E-state index contributed by atoms with van der Waals surface area (Å²) in [5.41, 5.74) is 1.87. The predicted molar refractivity (Wildman–Crippen MR) is 126 cm³/mol. The van der Waals surface area contributed by atoms with Gasteiger partial charge in [-0.05, 0) is 55.3 Å². The Labute approximate surface area is 198 Å². The second kappa shape index (κ2) is 11.2. The zero-order chi connectivity index (χ0) is 23.9. The van der Waals surface area contributed by atoms with Crippen LogP contribution < -0.4 is 10.1 Å². The Bertz CT molecular complexity index is 1060. The van der Waals surface area contributed by atoms with Gasteiger partial charge in [0.25, 0.3) is 0 Å². The zero-order valence-electron chi connectivity index (χ0n) is 19.5. The van der Waals surface area contributed by atoms with Crippen LogP contribution >= 0.6 is 0 Å². The van der Waals surface area contributed by atoms with Gasteiger partial charge in [0.05, 0.1) is 19.7 Å². The van der Waals surface area contributed by atoms with Gasteiger partial charge in [0.2, 0.25) is 17.6 Å². The monoisotopic (exact) mass is 467 g/mol. The Morgan fingerprint density at radius 1 is 1.12 bits per heavy atom. The van der Waals surface area contributed by atoms with Crippen LogP contribution in [0.2, 0.25) is 0 Å².